The molecule has 0 aromatic heterocycles. The summed E-state index contributed by atoms with van der Waals surface area (Å²) < 4.78 is 0. The Morgan fingerprint density at radius 2 is 0.972 bits per heavy atom. The summed E-state index contributed by atoms with van der Waals surface area (Å²) in [5, 5.41) is 23.9. The number of carbonyl (C=O) groups is 1. The molecule has 36 heavy (non-hydrogen) atoms. The van der Waals surface area contributed by atoms with E-state index >= 15 is 0 Å². The van der Waals surface area contributed by atoms with E-state index < -0.39 is 0 Å². The van der Waals surface area contributed by atoms with Crippen LogP contribution in [0.5, 0.6) is 11.5 Å². The SMILES string of the molecule is CCC(=O)N(Nc1cc(C(C)(C)C)c(O)c(C(C)(C)C)c1)c1cc(C(C)(C)C)c(O)c(C(C)(C)C)c1. The van der Waals surface area contributed by atoms with Crippen molar-refractivity contribution in [2.24, 2.45) is 0 Å². The zero-order chi connectivity index (χ0) is 28.0. The van der Waals surface area contributed by atoms with Crippen LogP contribution in [-0.2, 0) is 26.5 Å². The number of anilines is 2. The summed E-state index contributed by atoms with van der Waals surface area (Å²) >= 11 is 0. The van der Waals surface area contributed by atoms with Crippen molar-refractivity contribution in [3.8, 4) is 11.5 Å². The molecule has 1 amide bonds. The number of benzene rings is 2. The number of aromatic hydroxyl groups is 2. The lowest BCUT2D eigenvalue weighted by atomic mass is 9.79. The molecule has 5 nitrogen and oxygen atoms in total. The zero-order valence-corrected chi connectivity index (χ0v) is 24.8. The third kappa shape index (κ3) is 6.35. The van der Waals surface area contributed by atoms with Crippen LogP contribution < -0.4 is 10.4 Å². The van der Waals surface area contributed by atoms with Gasteiger partial charge >= 0.3 is 0 Å². The number of carbonyl (C=O) groups excluding carboxylic acids is 1. The Kier molecular flexibility index (Phi) is 7.91. The molecule has 0 spiro atoms. The van der Waals surface area contributed by atoms with Gasteiger partial charge in [0.2, 0.25) is 5.91 Å². The van der Waals surface area contributed by atoms with Gasteiger partial charge in [-0.1, -0.05) is 90.0 Å². The van der Waals surface area contributed by atoms with Crippen molar-refractivity contribution in [2.45, 2.75) is 118 Å². The zero-order valence-electron chi connectivity index (χ0n) is 24.8. The van der Waals surface area contributed by atoms with Crippen LogP contribution in [0, 0.1) is 0 Å². The number of amides is 1. The maximum absolute atomic E-state index is 13.3. The van der Waals surface area contributed by atoms with Crippen molar-refractivity contribution in [1.82, 2.24) is 0 Å². The van der Waals surface area contributed by atoms with Crippen molar-refractivity contribution in [3.63, 3.8) is 0 Å². The van der Waals surface area contributed by atoms with Crippen LogP contribution in [-0.4, -0.2) is 16.1 Å². The molecule has 0 aliphatic carbocycles. The molecular weight excluding hydrogens is 448 g/mol. The van der Waals surface area contributed by atoms with Gasteiger partial charge in [-0.05, 0) is 45.9 Å². The van der Waals surface area contributed by atoms with Gasteiger partial charge in [0.1, 0.15) is 11.5 Å². The van der Waals surface area contributed by atoms with E-state index in [1.165, 1.54) is 0 Å². The lowest BCUT2D eigenvalue weighted by molar-refractivity contribution is -0.118. The minimum absolute atomic E-state index is 0.0944. The van der Waals surface area contributed by atoms with Crippen LogP contribution in [0.4, 0.5) is 11.4 Å². The Balaban J connectivity index is 2.82. The first kappa shape index (κ1) is 29.5. The van der Waals surface area contributed by atoms with Gasteiger partial charge in [-0.25, -0.2) is 5.01 Å². The van der Waals surface area contributed by atoms with Gasteiger partial charge in [0, 0.05) is 28.7 Å². The second-order valence-electron chi connectivity index (χ2n) is 14.0. The van der Waals surface area contributed by atoms with Crippen LogP contribution in [0.15, 0.2) is 24.3 Å². The third-order valence-electron chi connectivity index (χ3n) is 6.49. The standard InChI is InChI=1S/C31H48N2O3/c1-14-25(34)33(20-17-23(30(8,9)10)27(36)24(18-20)31(11,12)13)32-19-15-21(28(2,3)4)26(35)22(16-19)29(5,6)7/h15-18,32,35-36H,14H2,1-13H3. The molecular formula is C31H48N2O3. The van der Waals surface area contributed by atoms with E-state index in [9.17, 15) is 15.0 Å². The van der Waals surface area contributed by atoms with Gasteiger partial charge in [0.15, 0.2) is 0 Å². The Morgan fingerprint density at radius 1 is 0.667 bits per heavy atom. The van der Waals surface area contributed by atoms with Crippen molar-refractivity contribution in [2.75, 3.05) is 10.4 Å². The van der Waals surface area contributed by atoms with E-state index in [0.717, 1.165) is 27.9 Å². The fourth-order valence-corrected chi connectivity index (χ4v) is 4.29. The first-order chi connectivity index (χ1) is 16.1. The molecule has 5 heteroatoms. The second kappa shape index (κ2) is 9.64. The van der Waals surface area contributed by atoms with Crippen LogP contribution in [0.3, 0.4) is 0 Å². The summed E-state index contributed by atoms with van der Waals surface area (Å²) in [5.74, 6) is 0.476. The molecule has 0 aliphatic rings. The van der Waals surface area contributed by atoms with Gasteiger partial charge in [0.25, 0.3) is 0 Å². The topological polar surface area (TPSA) is 72.8 Å². The maximum atomic E-state index is 13.3. The normalized spacial score (nSPS) is 13.0. The van der Waals surface area contributed by atoms with E-state index in [2.05, 4.69) is 88.5 Å². The first-order valence-corrected chi connectivity index (χ1v) is 12.9. The number of phenolic OH excluding ortho intramolecular Hbond substituents is 2. The predicted molar refractivity (Wildman–Crippen MR) is 152 cm³/mol. The molecule has 0 bridgehead atoms. The number of hydrogen-bond donors (Lipinski definition) is 3. The van der Waals surface area contributed by atoms with Crippen molar-refractivity contribution < 1.29 is 15.0 Å². The molecule has 0 unspecified atom stereocenters. The van der Waals surface area contributed by atoms with E-state index in [1.54, 1.807) is 5.01 Å². The molecule has 0 atom stereocenters. The molecule has 2 rings (SSSR count). The van der Waals surface area contributed by atoms with E-state index in [1.807, 2.05) is 31.2 Å². The lowest BCUT2D eigenvalue weighted by Gasteiger charge is -2.33. The summed E-state index contributed by atoms with van der Waals surface area (Å²) in [5.41, 5.74) is 6.76. The highest BCUT2D eigenvalue weighted by Crippen LogP contribution is 2.44. The number of nitrogens with one attached hydrogen (secondary N) is 1. The quantitative estimate of drug-likeness (QED) is 0.296. The number of phenols is 2. The third-order valence-corrected chi connectivity index (χ3v) is 6.49. The van der Waals surface area contributed by atoms with E-state index in [0.29, 0.717) is 17.9 Å². The average molecular weight is 497 g/mol. The summed E-state index contributed by atoms with van der Waals surface area (Å²) in [6, 6.07) is 7.66. The highest BCUT2D eigenvalue weighted by Gasteiger charge is 2.30. The van der Waals surface area contributed by atoms with Gasteiger partial charge in [-0.2, -0.15) is 0 Å². The molecule has 2 aromatic rings. The van der Waals surface area contributed by atoms with Gasteiger partial charge in [-0.15, -0.1) is 0 Å². The highest BCUT2D eigenvalue weighted by atomic mass is 16.3. The average Bonchev–Trinajstić information content (AvgIpc) is 2.69. The smallest absolute Gasteiger partial charge is 0.245 e. The molecule has 0 heterocycles. The van der Waals surface area contributed by atoms with Gasteiger partial charge in [-0.3, -0.25) is 10.2 Å². The molecule has 3 N–H and O–H groups in total. The molecule has 2 aromatic carbocycles. The summed E-state index contributed by atoms with van der Waals surface area (Å²) in [6.07, 6.45) is 0.305. The summed E-state index contributed by atoms with van der Waals surface area (Å²) in [6.45, 7) is 26.6. The lowest BCUT2D eigenvalue weighted by Crippen LogP contribution is -2.36. The minimum Gasteiger partial charge on any atom is -0.507 e. The fourth-order valence-electron chi connectivity index (χ4n) is 4.29. The summed E-state index contributed by atoms with van der Waals surface area (Å²) in [7, 11) is 0. The fraction of sp³-hybridized carbons (Fsp3) is 0.581. The second-order valence-corrected chi connectivity index (χ2v) is 14.0. The van der Waals surface area contributed by atoms with Crippen molar-refractivity contribution >= 4 is 17.3 Å². The molecule has 0 radical (unpaired) electrons. The monoisotopic (exact) mass is 496 g/mol. The van der Waals surface area contributed by atoms with E-state index in [4.69, 9.17) is 0 Å². The Labute approximate surface area is 218 Å². The summed E-state index contributed by atoms with van der Waals surface area (Å²) in [4.78, 5) is 13.3. The molecule has 0 saturated heterocycles. The minimum atomic E-state index is -0.321. The van der Waals surface area contributed by atoms with Crippen LogP contribution in [0.2, 0.25) is 0 Å². The van der Waals surface area contributed by atoms with Crippen LogP contribution in [0.1, 0.15) is 119 Å². The predicted octanol–water partition coefficient (Wildman–Crippen LogP) is 8.06. The molecule has 0 fully saturated rings. The number of nitrogens with zero attached hydrogens (tertiary/aromatic N) is 1. The first-order valence-electron chi connectivity index (χ1n) is 12.9. The number of hydrazine groups is 1. The Morgan fingerprint density at radius 3 is 1.25 bits per heavy atom. The van der Waals surface area contributed by atoms with Crippen LogP contribution >= 0.6 is 0 Å². The largest absolute Gasteiger partial charge is 0.507 e. The Hall–Kier alpha value is -2.69. The number of hydrogen-bond acceptors (Lipinski definition) is 4. The maximum Gasteiger partial charge on any atom is 0.245 e. The number of rotatable bonds is 4. The van der Waals surface area contributed by atoms with E-state index in [-0.39, 0.29) is 33.3 Å². The van der Waals surface area contributed by atoms with Gasteiger partial charge < -0.3 is 10.2 Å². The molecule has 200 valence electrons. The molecule has 0 aliphatic heterocycles. The Bertz CT molecular complexity index is 1050. The van der Waals surface area contributed by atoms with Crippen molar-refractivity contribution in [1.29, 1.82) is 0 Å². The van der Waals surface area contributed by atoms with Crippen molar-refractivity contribution in [3.05, 3.63) is 46.5 Å². The molecule has 0 saturated carbocycles. The van der Waals surface area contributed by atoms with Crippen LogP contribution in [0.25, 0.3) is 0 Å². The highest BCUT2D eigenvalue weighted by molar-refractivity contribution is 5.95. The van der Waals surface area contributed by atoms with Gasteiger partial charge in [0.05, 0.1) is 11.4 Å².